The molecule has 1 rings (SSSR count). The van der Waals surface area contributed by atoms with E-state index in [1.54, 1.807) is 0 Å². The fraction of sp³-hybridized carbons (Fsp3) is 0.833. The third-order valence-corrected chi connectivity index (χ3v) is 3.32. The van der Waals surface area contributed by atoms with Crippen LogP contribution in [-0.4, -0.2) is 36.6 Å². The smallest absolute Gasteiger partial charge is 0.303 e. The van der Waals surface area contributed by atoms with Gasteiger partial charge in [-0.3, -0.25) is 9.59 Å². The molecule has 0 radical (unpaired) electrons. The molecule has 1 aliphatic rings. The molecule has 1 aliphatic heterocycles. The van der Waals surface area contributed by atoms with Crippen LogP contribution in [0.4, 0.5) is 0 Å². The Kier molecular flexibility index (Phi) is 5.97. The van der Waals surface area contributed by atoms with Crippen molar-refractivity contribution in [2.75, 3.05) is 19.6 Å². The van der Waals surface area contributed by atoms with Crippen LogP contribution in [0.2, 0.25) is 0 Å². The summed E-state index contributed by atoms with van der Waals surface area (Å²) < 4.78 is 0. The number of hydrogen-bond donors (Lipinski definition) is 3. The highest BCUT2D eigenvalue weighted by atomic mass is 16.4. The number of rotatable bonds is 6. The zero-order valence-electron chi connectivity index (χ0n) is 10.4. The lowest BCUT2D eigenvalue weighted by atomic mass is 9.96. The first-order chi connectivity index (χ1) is 8.13. The van der Waals surface area contributed by atoms with Gasteiger partial charge in [0.25, 0.3) is 0 Å². The van der Waals surface area contributed by atoms with Gasteiger partial charge in [0, 0.05) is 18.9 Å². The van der Waals surface area contributed by atoms with Crippen molar-refractivity contribution < 1.29 is 14.7 Å². The van der Waals surface area contributed by atoms with E-state index >= 15 is 0 Å². The predicted octanol–water partition coefficient (Wildman–Crippen LogP) is 0.603. The van der Waals surface area contributed by atoms with E-state index in [1.807, 2.05) is 6.92 Å². The minimum atomic E-state index is -0.798. The third-order valence-electron chi connectivity index (χ3n) is 3.32. The van der Waals surface area contributed by atoms with Gasteiger partial charge in [0.05, 0.1) is 0 Å². The molecule has 0 spiro atoms. The third kappa shape index (κ3) is 5.17. The summed E-state index contributed by atoms with van der Waals surface area (Å²) in [6.07, 6.45) is 2.66. The van der Waals surface area contributed by atoms with E-state index in [1.165, 1.54) is 0 Å². The fourth-order valence-electron chi connectivity index (χ4n) is 2.08. The number of aliphatic carboxylic acids is 1. The lowest BCUT2D eigenvalue weighted by molar-refractivity contribution is -0.138. The SMILES string of the molecule is CCC(CNC(=O)C1CCNCC1)CC(=O)O. The summed E-state index contributed by atoms with van der Waals surface area (Å²) in [5.74, 6) is -0.583. The van der Waals surface area contributed by atoms with Crippen molar-refractivity contribution in [2.24, 2.45) is 11.8 Å². The maximum absolute atomic E-state index is 11.8. The Morgan fingerprint density at radius 2 is 2.06 bits per heavy atom. The Morgan fingerprint density at radius 1 is 1.41 bits per heavy atom. The molecule has 17 heavy (non-hydrogen) atoms. The molecule has 98 valence electrons. The molecule has 0 bridgehead atoms. The molecule has 0 aromatic rings. The minimum Gasteiger partial charge on any atom is -0.481 e. The van der Waals surface area contributed by atoms with E-state index in [0.717, 1.165) is 32.4 Å². The summed E-state index contributed by atoms with van der Waals surface area (Å²) in [4.78, 5) is 22.4. The molecule has 1 amide bonds. The van der Waals surface area contributed by atoms with Crippen molar-refractivity contribution in [3.05, 3.63) is 0 Å². The zero-order chi connectivity index (χ0) is 12.7. The molecule has 1 saturated heterocycles. The van der Waals surface area contributed by atoms with Gasteiger partial charge in [0.15, 0.2) is 0 Å². The molecule has 0 aromatic heterocycles. The van der Waals surface area contributed by atoms with Crippen LogP contribution in [0.5, 0.6) is 0 Å². The van der Waals surface area contributed by atoms with E-state index in [2.05, 4.69) is 10.6 Å². The highest BCUT2D eigenvalue weighted by Crippen LogP contribution is 2.12. The second kappa shape index (κ2) is 7.27. The maximum Gasteiger partial charge on any atom is 0.303 e. The molecule has 5 nitrogen and oxygen atoms in total. The Bertz CT molecular complexity index is 262. The number of carbonyl (C=O) groups is 2. The quantitative estimate of drug-likeness (QED) is 0.637. The molecule has 3 N–H and O–H groups in total. The molecule has 1 heterocycles. The van der Waals surface area contributed by atoms with E-state index in [9.17, 15) is 9.59 Å². The first-order valence-corrected chi connectivity index (χ1v) is 6.33. The predicted molar refractivity (Wildman–Crippen MR) is 64.6 cm³/mol. The second-order valence-electron chi connectivity index (χ2n) is 4.64. The second-order valence-corrected chi connectivity index (χ2v) is 4.64. The van der Waals surface area contributed by atoms with Crippen LogP contribution in [0.1, 0.15) is 32.6 Å². The van der Waals surface area contributed by atoms with E-state index in [0.29, 0.717) is 6.54 Å². The standard InChI is InChI=1S/C12H22N2O3/c1-2-9(7-11(15)16)8-14-12(17)10-3-5-13-6-4-10/h9-10,13H,2-8H2,1H3,(H,14,17)(H,15,16). The largest absolute Gasteiger partial charge is 0.481 e. The number of carbonyl (C=O) groups excluding carboxylic acids is 1. The molecule has 1 atom stereocenters. The highest BCUT2D eigenvalue weighted by molar-refractivity contribution is 5.78. The average Bonchev–Trinajstić information content (AvgIpc) is 2.34. The summed E-state index contributed by atoms with van der Waals surface area (Å²) in [5.41, 5.74) is 0. The van der Waals surface area contributed by atoms with Crippen LogP contribution in [0.15, 0.2) is 0 Å². The number of piperidine rings is 1. The van der Waals surface area contributed by atoms with E-state index < -0.39 is 5.97 Å². The highest BCUT2D eigenvalue weighted by Gasteiger charge is 2.21. The van der Waals surface area contributed by atoms with Crippen molar-refractivity contribution >= 4 is 11.9 Å². The summed E-state index contributed by atoms with van der Waals surface area (Å²) >= 11 is 0. The summed E-state index contributed by atoms with van der Waals surface area (Å²) in [7, 11) is 0. The Morgan fingerprint density at radius 3 is 2.59 bits per heavy atom. The number of carboxylic acids is 1. The van der Waals surface area contributed by atoms with Crippen LogP contribution < -0.4 is 10.6 Å². The van der Waals surface area contributed by atoms with Gasteiger partial charge in [0.1, 0.15) is 0 Å². The Labute approximate surface area is 102 Å². The van der Waals surface area contributed by atoms with Crippen LogP contribution in [0, 0.1) is 11.8 Å². The van der Waals surface area contributed by atoms with E-state index in [-0.39, 0.29) is 24.2 Å². The van der Waals surface area contributed by atoms with Gasteiger partial charge in [-0.25, -0.2) is 0 Å². The molecular formula is C12H22N2O3. The van der Waals surface area contributed by atoms with Crippen LogP contribution in [0.3, 0.4) is 0 Å². The molecule has 0 saturated carbocycles. The first kappa shape index (κ1) is 14.0. The minimum absolute atomic E-state index is 0.0400. The van der Waals surface area contributed by atoms with Crippen molar-refractivity contribution in [1.29, 1.82) is 0 Å². The molecule has 0 aromatic carbocycles. The van der Waals surface area contributed by atoms with E-state index in [4.69, 9.17) is 5.11 Å². The topological polar surface area (TPSA) is 78.4 Å². The first-order valence-electron chi connectivity index (χ1n) is 6.33. The summed E-state index contributed by atoms with van der Waals surface area (Å²) in [6, 6.07) is 0. The average molecular weight is 242 g/mol. The van der Waals surface area contributed by atoms with Gasteiger partial charge in [-0.05, 0) is 31.8 Å². The maximum atomic E-state index is 11.8. The van der Waals surface area contributed by atoms with Gasteiger partial charge >= 0.3 is 5.97 Å². The van der Waals surface area contributed by atoms with Gasteiger partial charge in [-0.15, -0.1) is 0 Å². The van der Waals surface area contributed by atoms with Gasteiger partial charge in [0.2, 0.25) is 5.91 Å². The zero-order valence-corrected chi connectivity index (χ0v) is 10.4. The van der Waals surface area contributed by atoms with Crippen molar-refractivity contribution in [2.45, 2.75) is 32.6 Å². The number of carboxylic acid groups (broad SMARTS) is 1. The van der Waals surface area contributed by atoms with Crippen molar-refractivity contribution in [3.63, 3.8) is 0 Å². The lowest BCUT2D eigenvalue weighted by Crippen LogP contribution is -2.40. The van der Waals surface area contributed by atoms with Crippen molar-refractivity contribution in [1.82, 2.24) is 10.6 Å². The summed E-state index contributed by atoms with van der Waals surface area (Å²) in [6.45, 7) is 4.21. The van der Waals surface area contributed by atoms with Gasteiger partial charge in [-0.1, -0.05) is 13.3 Å². The molecule has 0 aliphatic carbocycles. The molecule has 5 heteroatoms. The number of amides is 1. The Balaban J connectivity index is 2.27. The van der Waals surface area contributed by atoms with Crippen LogP contribution in [0.25, 0.3) is 0 Å². The fourth-order valence-corrected chi connectivity index (χ4v) is 2.08. The number of nitrogens with one attached hydrogen (secondary N) is 2. The lowest BCUT2D eigenvalue weighted by Gasteiger charge is -2.23. The number of hydrogen-bond acceptors (Lipinski definition) is 3. The monoisotopic (exact) mass is 242 g/mol. The Hall–Kier alpha value is -1.10. The molecular weight excluding hydrogens is 220 g/mol. The van der Waals surface area contributed by atoms with Gasteiger partial charge < -0.3 is 15.7 Å². The van der Waals surface area contributed by atoms with Crippen LogP contribution in [-0.2, 0) is 9.59 Å². The molecule has 1 unspecified atom stereocenters. The summed E-state index contributed by atoms with van der Waals surface area (Å²) in [5, 5.41) is 14.8. The van der Waals surface area contributed by atoms with Crippen molar-refractivity contribution in [3.8, 4) is 0 Å². The molecule has 1 fully saturated rings. The normalized spacial score (nSPS) is 18.6. The van der Waals surface area contributed by atoms with Gasteiger partial charge in [-0.2, -0.15) is 0 Å². The van der Waals surface area contributed by atoms with Crippen LogP contribution >= 0.6 is 0 Å².